The van der Waals surface area contributed by atoms with E-state index in [-0.39, 0.29) is 37.1 Å². The van der Waals surface area contributed by atoms with Crippen LogP contribution in [0.15, 0.2) is 36.7 Å². The summed E-state index contributed by atoms with van der Waals surface area (Å²) in [5.41, 5.74) is 1.17. The van der Waals surface area contributed by atoms with Gasteiger partial charge < -0.3 is 14.9 Å². The summed E-state index contributed by atoms with van der Waals surface area (Å²) < 4.78 is 82.9. The molecule has 0 unspecified atom stereocenters. The van der Waals surface area contributed by atoms with Crippen LogP contribution in [0.1, 0.15) is 66.0 Å². The van der Waals surface area contributed by atoms with Crippen LogP contribution < -0.4 is 9.80 Å². The second kappa shape index (κ2) is 12.6. The molecule has 1 aliphatic carbocycles. The summed E-state index contributed by atoms with van der Waals surface area (Å²) in [5, 5.41) is 13.3. The average molecular weight is 598 g/mol. The molecule has 1 aromatic heterocycles. The van der Waals surface area contributed by atoms with Crippen LogP contribution in [0.2, 0.25) is 0 Å². The van der Waals surface area contributed by atoms with Crippen molar-refractivity contribution < 1.29 is 36.2 Å². The van der Waals surface area contributed by atoms with Crippen LogP contribution in [0.3, 0.4) is 0 Å². The van der Waals surface area contributed by atoms with E-state index in [4.69, 9.17) is 5.11 Å². The van der Waals surface area contributed by atoms with Gasteiger partial charge in [0.25, 0.3) is 0 Å². The number of alkyl halides is 6. The van der Waals surface area contributed by atoms with Crippen LogP contribution in [0.5, 0.6) is 0 Å². The quantitative estimate of drug-likeness (QED) is 0.187. The van der Waals surface area contributed by atoms with Crippen LogP contribution in [-0.4, -0.2) is 38.9 Å². The zero-order chi connectivity index (χ0) is 30.7. The highest BCUT2D eigenvalue weighted by atomic mass is 19.4. The van der Waals surface area contributed by atoms with E-state index >= 15 is 0 Å². The maximum absolute atomic E-state index is 13.6. The Bertz CT molecular complexity index is 1370. The third-order valence-electron chi connectivity index (χ3n) is 7.34. The molecule has 2 aromatic carbocycles. The van der Waals surface area contributed by atoms with Crippen LogP contribution in [-0.2, 0) is 50.1 Å². The number of anilines is 2. The third kappa shape index (κ3) is 7.74. The first kappa shape index (κ1) is 31.2. The van der Waals surface area contributed by atoms with Crippen LogP contribution in [0.25, 0.3) is 0 Å². The molecular weight excluding hydrogens is 564 g/mol. The number of hydrogen-bond acceptors (Lipinski definition) is 5. The second-order valence-corrected chi connectivity index (χ2v) is 10.5. The van der Waals surface area contributed by atoms with Crippen LogP contribution in [0.4, 0.5) is 38.0 Å². The van der Waals surface area contributed by atoms with Crippen molar-refractivity contribution in [2.45, 2.75) is 70.9 Å². The maximum Gasteiger partial charge on any atom is 0.416 e. The number of carboxylic acids is 1. The SMILES string of the molecule is CCN(CCCCC(=O)O)c1cc2c(cc1CN(Cc1cc(C(F)(F)F)cc(C(F)(F)F)c1)c1ncn(C)n1)CCC2. The molecule has 1 N–H and O–H groups in total. The molecule has 1 aliphatic rings. The summed E-state index contributed by atoms with van der Waals surface area (Å²) in [5.74, 6) is -0.697. The van der Waals surface area contributed by atoms with Crippen molar-refractivity contribution in [3.05, 3.63) is 70.0 Å². The number of carboxylic acid groups (broad SMARTS) is 1. The molecule has 0 saturated heterocycles. The number of aliphatic carboxylic acids is 1. The second-order valence-electron chi connectivity index (χ2n) is 10.5. The highest BCUT2D eigenvalue weighted by molar-refractivity contribution is 5.66. The topological polar surface area (TPSA) is 74.5 Å². The number of halogens is 6. The fourth-order valence-electron chi connectivity index (χ4n) is 5.32. The zero-order valence-corrected chi connectivity index (χ0v) is 23.4. The monoisotopic (exact) mass is 597 g/mol. The summed E-state index contributed by atoms with van der Waals surface area (Å²) >= 11 is 0. The van der Waals surface area contributed by atoms with E-state index in [2.05, 4.69) is 27.1 Å². The summed E-state index contributed by atoms with van der Waals surface area (Å²) in [6, 6.07) is 5.75. The predicted octanol–water partition coefficient (Wildman–Crippen LogP) is 6.63. The van der Waals surface area contributed by atoms with Crippen molar-refractivity contribution in [3.8, 4) is 0 Å². The molecule has 0 spiro atoms. The summed E-state index contributed by atoms with van der Waals surface area (Å²) in [6.45, 7) is 3.05. The molecule has 3 aromatic rings. The molecular formula is C29H33F6N5O2. The molecule has 0 atom stereocenters. The zero-order valence-electron chi connectivity index (χ0n) is 23.4. The number of unbranched alkanes of at least 4 members (excludes halogenated alkanes) is 1. The highest BCUT2D eigenvalue weighted by Gasteiger charge is 2.37. The molecule has 1 heterocycles. The van der Waals surface area contributed by atoms with E-state index in [0.717, 1.165) is 48.2 Å². The number of aromatic nitrogens is 3. The van der Waals surface area contributed by atoms with Gasteiger partial charge >= 0.3 is 18.3 Å². The first-order valence-corrected chi connectivity index (χ1v) is 13.7. The van der Waals surface area contributed by atoms with Crippen molar-refractivity contribution in [3.63, 3.8) is 0 Å². The van der Waals surface area contributed by atoms with Crippen molar-refractivity contribution in [2.24, 2.45) is 7.05 Å². The Morgan fingerprint density at radius 3 is 2.12 bits per heavy atom. The predicted molar refractivity (Wildman–Crippen MR) is 145 cm³/mol. The van der Waals surface area contributed by atoms with Gasteiger partial charge in [0.05, 0.1) is 11.1 Å². The van der Waals surface area contributed by atoms with E-state index < -0.39 is 29.4 Å². The van der Waals surface area contributed by atoms with E-state index in [0.29, 0.717) is 25.9 Å². The van der Waals surface area contributed by atoms with Crippen molar-refractivity contribution in [2.75, 3.05) is 22.9 Å². The average Bonchev–Trinajstić information content (AvgIpc) is 3.55. The maximum atomic E-state index is 13.6. The van der Waals surface area contributed by atoms with Gasteiger partial charge in [-0.05, 0) is 85.5 Å². The number of nitrogens with zero attached hydrogens (tertiary/aromatic N) is 5. The lowest BCUT2D eigenvalue weighted by atomic mass is 10.0. The largest absolute Gasteiger partial charge is 0.481 e. The van der Waals surface area contributed by atoms with Crippen molar-refractivity contribution in [1.29, 1.82) is 0 Å². The van der Waals surface area contributed by atoms with Gasteiger partial charge in [-0.2, -0.15) is 26.3 Å². The molecule has 0 radical (unpaired) electrons. The van der Waals surface area contributed by atoms with Crippen LogP contribution >= 0.6 is 0 Å². The fraction of sp³-hybridized carbons (Fsp3) is 0.483. The minimum absolute atomic E-state index is 0.0601. The molecule has 13 heteroatoms. The van der Waals surface area contributed by atoms with Gasteiger partial charge in [-0.1, -0.05) is 6.07 Å². The molecule has 0 saturated carbocycles. The Kier molecular flexibility index (Phi) is 9.37. The van der Waals surface area contributed by atoms with Crippen LogP contribution in [0, 0.1) is 0 Å². The highest BCUT2D eigenvalue weighted by Crippen LogP contribution is 2.37. The van der Waals surface area contributed by atoms with E-state index in [1.54, 1.807) is 11.9 Å². The summed E-state index contributed by atoms with van der Waals surface area (Å²) in [7, 11) is 1.62. The minimum Gasteiger partial charge on any atom is -0.481 e. The molecule has 0 fully saturated rings. The molecule has 0 bridgehead atoms. The molecule has 0 aliphatic heterocycles. The number of hydrogen-bond donors (Lipinski definition) is 1. The molecule has 42 heavy (non-hydrogen) atoms. The molecule has 228 valence electrons. The van der Waals surface area contributed by atoms with E-state index in [1.807, 2.05) is 6.92 Å². The Morgan fingerprint density at radius 1 is 0.929 bits per heavy atom. The lowest BCUT2D eigenvalue weighted by molar-refractivity contribution is -0.143. The standard InChI is InChI=1S/C29H33F6N5O2/c1-3-39(10-5-4-9-26(41)42)25-14-21-8-6-7-20(21)13-22(25)17-40(27-36-18-38(2)37-27)16-19-11-23(28(30,31)32)15-24(12-19)29(33,34)35/h11-15,18H,3-10,16-17H2,1-2H3,(H,41,42). The van der Waals surface area contributed by atoms with Crippen molar-refractivity contribution in [1.82, 2.24) is 14.8 Å². The number of carbonyl (C=O) groups is 1. The molecule has 0 amide bonds. The minimum atomic E-state index is -4.96. The number of fused-ring (bicyclic) bond motifs is 1. The van der Waals surface area contributed by atoms with E-state index in [1.165, 1.54) is 16.6 Å². The Balaban J connectivity index is 1.73. The summed E-state index contributed by atoms with van der Waals surface area (Å²) in [4.78, 5) is 18.9. The van der Waals surface area contributed by atoms with Gasteiger partial charge in [-0.15, -0.1) is 5.10 Å². The van der Waals surface area contributed by atoms with Gasteiger partial charge in [0, 0.05) is 45.3 Å². The Labute approximate surface area is 239 Å². The van der Waals surface area contributed by atoms with E-state index in [9.17, 15) is 31.1 Å². The van der Waals surface area contributed by atoms with Gasteiger partial charge in [0.15, 0.2) is 0 Å². The normalized spacial score (nSPS) is 13.3. The Morgan fingerprint density at radius 2 is 1.57 bits per heavy atom. The number of benzene rings is 2. The Hall–Kier alpha value is -3.77. The lowest BCUT2D eigenvalue weighted by Gasteiger charge is -2.30. The van der Waals surface area contributed by atoms with Gasteiger partial charge in [-0.25, -0.2) is 4.98 Å². The number of rotatable bonds is 12. The van der Waals surface area contributed by atoms with Crippen molar-refractivity contribution >= 4 is 17.6 Å². The fourth-order valence-corrected chi connectivity index (χ4v) is 5.32. The summed E-state index contributed by atoms with van der Waals surface area (Å²) in [6.07, 6.45) is -4.52. The first-order valence-electron chi connectivity index (χ1n) is 13.7. The van der Waals surface area contributed by atoms with Gasteiger partial charge in [-0.3, -0.25) is 9.48 Å². The third-order valence-corrected chi connectivity index (χ3v) is 7.34. The van der Waals surface area contributed by atoms with Gasteiger partial charge in [0.2, 0.25) is 5.95 Å². The molecule has 4 rings (SSSR count). The van der Waals surface area contributed by atoms with Gasteiger partial charge in [0.1, 0.15) is 6.33 Å². The number of aryl methyl sites for hydroxylation is 3. The lowest BCUT2D eigenvalue weighted by Crippen LogP contribution is -2.29. The smallest absolute Gasteiger partial charge is 0.416 e. The molecule has 7 nitrogen and oxygen atoms in total. The first-order chi connectivity index (χ1) is 19.7.